The SMILES string of the molecule is Cc1cc(F)ccc1OCCC(=O)O. The molecule has 76 valence electrons. The molecule has 0 aromatic heterocycles. The average molecular weight is 198 g/mol. The maximum Gasteiger partial charge on any atom is 0.306 e. The molecular weight excluding hydrogens is 187 g/mol. The Bertz CT molecular complexity index is 336. The van der Waals surface area contributed by atoms with E-state index in [1.807, 2.05) is 0 Å². The fourth-order valence-corrected chi connectivity index (χ4v) is 1.02. The quantitative estimate of drug-likeness (QED) is 0.804. The third-order valence-corrected chi connectivity index (χ3v) is 1.71. The number of aliphatic carboxylic acids is 1. The van der Waals surface area contributed by atoms with Gasteiger partial charge in [0.1, 0.15) is 11.6 Å². The van der Waals surface area contributed by atoms with Crippen molar-refractivity contribution in [2.75, 3.05) is 6.61 Å². The molecule has 4 heteroatoms. The summed E-state index contributed by atoms with van der Waals surface area (Å²) in [5, 5.41) is 8.36. The molecule has 0 saturated carbocycles. The molecule has 0 saturated heterocycles. The first-order valence-corrected chi connectivity index (χ1v) is 4.20. The summed E-state index contributed by atoms with van der Waals surface area (Å²) in [6, 6.07) is 4.12. The Kier molecular flexibility index (Phi) is 3.45. The third-order valence-electron chi connectivity index (χ3n) is 1.71. The van der Waals surface area contributed by atoms with Crippen LogP contribution in [0, 0.1) is 12.7 Å². The van der Waals surface area contributed by atoms with Gasteiger partial charge in [-0.3, -0.25) is 4.79 Å². The van der Waals surface area contributed by atoms with Gasteiger partial charge < -0.3 is 9.84 Å². The molecule has 0 radical (unpaired) electrons. The van der Waals surface area contributed by atoms with Crippen LogP contribution < -0.4 is 4.74 Å². The van der Waals surface area contributed by atoms with Gasteiger partial charge in [0.2, 0.25) is 0 Å². The minimum absolute atomic E-state index is 0.0587. The second-order valence-electron chi connectivity index (χ2n) is 2.90. The van der Waals surface area contributed by atoms with Crippen molar-refractivity contribution in [2.24, 2.45) is 0 Å². The van der Waals surface area contributed by atoms with E-state index >= 15 is 0 Å². The summed E-state index contributed by atoms with van der Waals surface area (Å²) in [7, 11) is 0. The van der Waals surface area contributed by atoms with Crippen LogP contribution in [-0.2, 0) is 4.79 Å². The standard InChI is InChI=1S/C10H11FO3/c1-7-6-8(11)2-3-9(7)14-5-4-10(12)13/h2-3,6H,4-5H2,1H3,(H,12,13). The van der Waals surface area contributed by atoms with Gasteiger partial charge in [-0.15, -0.1) is 0 Å². The first-order valence-electron chi connectivity index (χ1n) is 4.20. The van der Waals surface area contributed by atoms with Crippen LogP contribution in [0.1, 0.15) is 12.0 Å². The summed E-state index contributed by atoms with van der Waals surface area (Å²) in [5.41, 5.74) is 0.662. The molecule has 0 unspecified atom stereocenters. The van der Waals surface area contributed by atoms with Crippen molar-refractivity contribution in [3.63, 3.8) is 0 Å². The molecule has 1 rings (SSSR count). The number of hydrogen-bond donors (Lipinski definition) is 1. The van der Waals surface area contributed by atoms with Crippen molar-refractivity contribution in [3.8, 4) is 5.75 Å². The summed E-state index contributed by atoms with van der Waals surface area (Å²) in [4.78, 5) is 10.2. The molecule has 0 aliphatic heterocycles. The lowest BCUT2D eigenvalue weighted by Crippen LogP contribution is -2.05. The van der Waals surface area contributed by atoms with Crippen LogP contribution in [0.4, 0.5) is 4.39 Å². The predicted molar refractivity (Wildman–Crippen MR) is 48.9 cm³/mol. The van der Waals surface area contributed by atoms with E-state index in [9.17, 15) is 9.18 Å². The molecule has 0 aliphatic rings. The van der Waals surface area contributed by atoms with E-state index in [-0.39, 0.29) is 18.8 Å². The van der Waals surface area contributed by atoms with Crippen LogP contribution in [0.15, 0.2) is 18.2 Å². The molecule has 1 N–H and O–H groups in total. The molecule has 0 aliphatic carbocycles. The number of ether oxygens (including phenoxy) is 1. The van der Waals surface area contributed by atoms with Gasteiger partial charge in [-0.05, 0) is 30.7 Å². The Balaban J connectivity index is 2.55. The summed E-state index contributed by atoms with van der Waals surface area (Å²) < 4.78 is 17.8. The molecule has 1 aromatic rings. The van der Waals surface area contributed by atoms with Gasteiger partial charge in [0.25, 0.3) is 0 Å². The number of aryl methyl sites for hydroxylation is 1. The predicted octanol–water partition coefficient (Wildman–Crippen LogP) is 1.99. The van der Waals surface area contributed by atoms with Crippen LogP contribution in [0.5, 0.6) is 5.75 Å². The van der Waals surface area contributed by atoms with E-state index in [4.69, 9.17) is 9.84 Å². The molecule has 0 atom stereocenters. The Labute approximate surface area is 81.1 Å². The molecule has 0 spiro atoms. The van der Waals surface area contributed by atoms with Crippen LogP contribution in [0.3, 0.4) is 0 Å². The van der Waals surface area contributed by atoms with Gasteiger partial charge in [0.15, 0.2) is 0 Å². The second-order valence-corrected chi connectivity index (χ2v) is 2.90. The minimum atomic E-state index is -0.912. The smallest absolute Gasteiger partial charge is 0.306 e. The number of rotatable bonds is 4. The van der Waals surface area contributed by atoms with E-state index in [1.54, 1.807) is 6.92 Å². The van der Waals surface area contributed by atoms with Gasteiger partial charge in [-0.25, -0.2) is 4.39 Å². The molecular formula is C10H11FO3. The lowest BCUT2D eigenvalue weighted by molar-refractivity contribution is -0.137. The van der Waals surface area contributed by atoms with Crippen LogP contribution >= 0.6 is 0 Å². The highest BCUT2D eigenvalue weighted by Crippen LogP contribution is 2.18. The van der Waals surface area contributed by atoms with Gasteiger partial charge >= 0.3 is 5.97 Å². The zero-order chi connectivity index (χ0) is 10.6. The monoisotopic (exact) mass is 198 g/mol. The van der Waals surface area contributed by atoms with Gasteiger partial charge in [0.05, 0.1) is 13.0 Å². The lowest BCUT2D eigenvalue weighted by Gasteiger charge is -2.07. The third kappa shape index (κ3) is 3.05. The van der Waals surface area contributed by atoms with E-state index in [1.165, 1.54) is 18.2 Å². The van der Waals surface area contributed by atoms with E-state index in [0.29, 0.717) is 11.3 Å². The maximum absolute atomic E-state index is 12.6. The molecule has 0 amide bonds. The van der Waals surface area contributed by atoms with Crippen molar-refractivity contribution in [1.82, 2.24) is 0 Å². The number of hydrogen-bond acceptors (Lipinski definition) is 2. The average Bonchev–Trinajstić information content (AvgIpc) is 2.08. The molecule has 0 bridgehead atoms. The van der Waals surface area contributed by atoms with Gasteiger partial charge in [-0.1, -0.05) is 0 Å². The topological polar surface area (TPSA) is 46.5 Å². The Morgan fingerprint density at radius 3 is 2.86 bits per heavy atom. The Morgan fingerprint density at radius 1 is 1.57 bits per heavy atom. The largest absolute Gasteiger partial charge is 0.493 e. The summed E-state index contributed by atoms with van der Waals surface area (Å²) in [5.74, 6) is -0.717. The van der Waals surface area contributed by atoms with Crippen molar-refractivity contribution >= 4 is 5.97 Å². The van der Waals surface area contributed by atoms with Crippen molar-refractivity contribution in [1.29, 1.82) is 0 Å². The summed E-state index contributed by atoms with van der Waals surface area (Å²) in [6.07, 6.45) is -0.0587. The van der Waals surface area contributed by atoms with E-state index in [0.717, 1.165) is 0 Å². The molecule has 1 aromatic carbocycles. The second kappa shape index (κ2) is 4.60. The number of carbonyl (C=O) groups is 1. The van der Waals surface area contributed by atoms with E-state index in [2.05, 4.69) is 0 Å². The minimum Gasteiger partial charge on any atom is -0.493 e. The number of carboxylic acid groups (broad SMARTS) is 1. The fourth-order valence-electron chi connectivity index (χ4n) is 1.02. The number of benzene rings is 1. The normalized spacial score (nSPS) is 9.86. The number of carboxylic acids is 1. The molecule has 14 heavy (non-hydrogen) atoms. The number of halogens is 1. The fraction of sp³-hybridized carbons (Fsp3) is 0.300. The Morgan fingerprint density at radius 2 is 2.29 bits per heavy atom. The highest BCUT2D eigenvalue weighted by molar-refractivity contribution is 5.66. The molecule has 0 fully saturated rings. The first kappa shape index (κ1) is 10.5. The summed E-state index contributed by atoms with van der Waals surface area (Å²) in [6.45, 7) is 1.81. The van der Waals surface area contributed by atoms with E-state index < -0.39 is 5.97 Å². The maximum atomic E-state index is 12.6. The lowest BCUT2D eigenvalue weighted by atomic mass is 10.2. The van der Waals surface area contributed by atoms with Crippen LogP contribution in [0.25, 0.3) is 0 Å². The van der Waals surface area contributed by atoms with Gasteiger partial charge in [-0.2, -0.15) is 0 Å². The van der Waals surface area contributed by atoms with Crippen LogP contribution in [-0.4, -0.2) is 17.7 Å². The highest BCUT2D eigenvalue weighted by Gasteiger charge is 2.02. The van der Waals surface area contributed by atoms with Crippen LogP contribution in [0.2, 0.25) is 0 Å². The Hall–Kier alpha value is -1.58. The highest BCUT2D eigenvalue weighted by atomic mass is 19.1. The van der Waals surface area contributed by atoms with Crippen molar-refractivity contribution in [3.05, 3.63) is 29.6 Å². The van der Waals surface area contributed by atoms with Crippen molar-refractivity contribution < 1.29 is 19.0 Å². The molecule has 0 heterocycles. The van der Waals surface area contributed by atoms with Gasteiger partial charge in [0, 0.05) is 0 Å². The summed E-state index contributed by atoms with van der Waals surface area (Å²) >= 11 is 0. The zero-order valence-electron chi connectivity index (χ0n) is 7.79. The molecule has 3 nitrogen and oxygen atoms in total. The first-order chi connectivity index (χ1) is 6.59. The van der Waals surface area contributed by atoms with Crippen molar-refractivity contribution in [2.45, 2.75) is 13.3 Å². The zero-order valence-corrected chi connectivity index (χ0v) is 7.79.